The van der Waals surface area contributed by atoms with E-state index < -0.39 is 0 Å². The first-order valence-corrected chi connectivity index (χ1v) is 7.98. The Hall–Kier alpha value is -0.570. The van der Waals surface area contributed by atoms with E-state index in [0.717, 1.165) is 24.5 Å². The molecule has 0 saturated carbocycles. The van der Waals surface area contributed by atoms with Crippen molar-refractivity contribution in [1.29, 1.82) is 0 Å². The maximum Gasteiger partial charge on any atom is 0.0453 e. The first-order chi connectivity index (χ1) is 9.43. The van der Waals surface area contributed by atoms with Crippen LogP contribution in [0, 0.1) is 5.92 Å². The van der Waals surface area contributed by atoms with Gasteiger partial charge in [-0.2, -0.15) is 0 Å². The van der Waals surface area contributed by atoms with Crippen LogP contribution < -0.4 is 5.32 Å². The largest absolute Gasteiger partial charge is 0.316 e. The summed E-state index contributed by atoms with van der Waals surface area (Å²) in [5, 5.41) is 4.37. The Morgan fingerprint density at radius 2 is 1.80 bits per heavy atom. The van der Waals surface area contributed by atoms with Crippen molar-refractivity contribution >= 4 is 11.6 Å². The molecule has 0 fully saturated rings. The molecule has 0 radical (unpaired) electrons. The zero-order valence-corrected chi connectivity index (χ0v) is 14.2. The molecule has 0 aromatic heterocycles. The van der Waals surface area contributed by atoms with Crippen molar-refractivity contribution in [3.63, 3.8) is 0 Å². The van der Waals surface area contributed by atoms with Crippen molar-refractivity contribution in [2.45, 2.75) is 46.2 Å². The Bertz CT molecular complexity index is 392. The second-order valence-electron chi connectivity index (χ2n) is 6.10. The third-order valence-corrected chi connectivity index (χ3v) is 4.30. The Morgan fingerprint density at radius 3 is 2.40 bits per heavy atom. The maximum absolute atomic E-state index is 6.29. The number of hydrogen-bond acceptors (Lipinski definition) is 2. The summed E-state index contributed by atoms with van der Waals surface area (Å²) in [7, 11) is 2.18. The SMILES string of the molecule is CC(C)CNCCC(C)N(C)C(C)c1ccccc1Cl. The highest BCUT2D eigenvalue weighted by Crippen LogP contribution is 2.27. The summed E-state index contributed by atoms with van der Waals surface area (Å²) in [5.74, 6) is 0.713. The third-order valence-electron chi connectivity index (χ3n) is 3.95. The molecule has 20 heavy (non-hydrogen) atoms. The van der Waals surface area contributed by atoms with Gasteiger partial charge in [0.05, 0.1) is 0 Å². The highest BCUT2D eigenvalue weighted by Gasteiger charge is 2.18. The Morgan fingerprint density at radius 1 is 1.15 bits per heavy atom. The van der Waals surface area contributed by atoms with Crippen LogP contribution in [0.25, 0.3) is 0 Å². The minimum absolute atomic E-state index is 0.337. The summed E-state index contributed by atoms with van der Waals surface area (Å²) in [6.07, 6.45) is 1.15. The molecule has 2 atom stereocenters. The predicted molar refractivity (Wildman–Crippen MR) is 89.4 cm³/mol. The van der Waals surface area contributed by atoms with Gasteiger partial charge in [-0.15, -0.1) is 0 Å². The molecule has 2 nitrogen and oxygen atoms in total. The predicted octanol–water partition coefficient (Wildman–Crippen LogP) is 4.36. The van der Waals surface area contributed by atoms with Crippen LogP contribution in [0.5, 0.6) is 0 Å². The van der Waals surface area contributed by atoms with E-state index in [1.807, 2.05) is 12.1 Å². The van der Waals surface area contributed by atoms with Crippen LogP contribution in [-0.2, 0) is 0 Å². The standard InChI is InChI=1S/C17H29ClN2/c1-13(2)12-19-11-10-14(3)20(5)15(4)16-8-6-7-9-17(16)18/h6-9,13-15,19H,10-12H2,1-5H3. The molecule has 0 aliphatic carbocycles. The van der Waals surface area contributed by atoms with Crippen LogP contribution in [-0.4, -0.2) is 31.1 Å². The van der Waals surface area contributed by atoms with Crippen LogP contribution in [0.1, 0.15) is 45.7 Å². The lowest BCUT2D eigenvalue weighted by atomic mass is 10.0. The third kappa shape index (κ3) is 5.43. The summed E-state index contributed by atoms with van der Waals surface area (Å²) in [4.78, 5) is 2.40. The van der Waals surface area contributed by atoms with Crippen molar-refractivity contribution in [1.82, 2.24) is 10.2 Å². The number of hydrogen-bond donors (Lipinski definition) is 1. The smallest absolute Gasteiger partial charge is 0.0453 e. The van der Waals surface area contributed by atoms with Gasteiger partial charge in [-0.1, -0.05) is 43.6 Å². The van der Waals surface area contributed by atoms with E-state index in [4.69, 9.17) is 11.6 Å². The highest BCUT2D eigenvalue weighted by atomic mass is 35.5. The number of nitrogens with one attached hydrogen (secondary N) is 1. The number of benzene rings is 1. The molecule has 1 aromatic carbocycles. The number of nitrogens with zero attached hydrogens (tertiary/aromatic N) is 1. The second kappa shape index (κ2) is 8.66. The van der Waals surface area contributed by atoms with Gasteiger partial charge in [-0.05, 0) is 58.0 Å². The lowest BCUT2D eigenvalue weighted by Crippen LogP contribution is -2.34. The normalized spacial score (nSPS) is 14.8. The van der Waals surface area contributed by atoms with Gasteiger partial charge in [-0.25, -0.2) is 0 Å². The van der Waals surface area contributed by atoms with Crippen molar-refractivity contribution in [3.05, 3.63) is 34.9 Å². The molecular weight excluding hydrogens is 268 g/mol. The first kappa shape index (κ1) is 17.5. The monoisotopic (exact) mass is 296 g/mol. The van der Waals surface area contributed by atoms with Crippen molar-refractivity contribution < 1.29 is 0 Å². The molecule has 1 rings (SSSR count). The molecule has 3 heteroatoms. The fourth-order valence-corrected chi connectivity index (χ4v) is 2.61. The van der Waals surface area contributed by atoms with Gasteiger partial charge in [0.25, 0.3) is 0 Å². The molecule has 2 unspecified atom stereocenters. The van der Waals surface area contributed by atoms with E-state index in [1.54, 1.807) is 0 Å². The van der Waals surface area contributed by atoms with E-state index in [1.165, 1.54) is 5.56 Å². The van der Waals surface area contributed by atoms with Gasteiger partial charge in [0.2, 0.25) is 0 Å². The molecule has 0 heterocycles. The maximum atomic E-state index is 6.29. The van der Waals surface area contributed by atoms with E-state index in [2.05, 4.69) is 57.1 Å². The van der Waals surface area contributed by atoms with Crippen LogP contribution >= 0.6 is 11.6 Å². The quantitative estimate of drug-likeness (QED) is 0.717. The van der Waals surface area contributed by atoms with Gasteiger partial charge in [-0.3, -0.25) is 4.90 Å². The molecule has 0 spiro atoms. The fourth-order valence-electron chi connectivity index (χ4n) is 2.32. The number of rotatable bonds is 8. The van der Waals surface area contributed by atoms with Gasteiger partial charge in [0.15, 0.2) is 0 Å². The average Bonchev–Trinajstić information content (AvgIpc) is 2.42. The fraction of sp³-hybridized carbons (Fsp3) is 0.647. The van der Waals surface area contributed by atoms with Gasteiger partial charge in [0, 0.05) is 17.1 Å². The molecule has 0 saturated heterocycles. The van der Waals surface area contributed by atoms with E-state index in [9.17, 15) is 0 Å². The first-order valence-electron chi connectivity index (χ1n) is 7.60. The summed E-state index contributed by atoms with van der Waals surface area (Å²) in [6.45, 7) is 11.1. The summed E-state index contributed by atoms with van der Waals surface area (Å²) in [6, 6.07) is 8.99. The summed E-state index contributed by atoms with van der Waals surface area (Å²) < 4.78 is 0. The minimum atomic E-state index is 0.337. The molecular formula is C17H29ClN2. The zero-order valence-electron chi connectivity index (χ0n) is 13.5. The highest BCUT2D eigenvalue weighted by molar-refractivity contribution is 6.31. The lowest BCUT2D eigenvalue weighted by molar-refractivity contribution is 0.187. The summed E-state index contributed by atoms with van der Waals surface area (Å²) in [5.41, 5.74) is 1.21. The van der Waals surface area contributed by atoms with Crippen LogP contribution in [0.4, 0.5) is 0 Å². The second-order valence-corrected chi connectivity index (χ2v) is 6.51. The molecule has 1 N–H and O–H groups in total. The minimum Gasteiger partial charge on any atom is -0.316 e. The van der Waals surface area contributed by atoms with Gasteiger partial charge >= 0.3 is 0 Å². The molecule has 0 aliphatic heterocycles. The van der Waals surface area contributed by atoms with E-state index in [-0.39, 0.29) is 0 Å². The molecule has 0 amide bonds. The zero-order chi connectivity index (χ0) is 15.1. The van der Waals surface area contributed by atoms with E-state index in [0.29, 0.717) is 18.0 Å². The molecule has 0 bridgehead atoms. The van der Waals surface area contributed by atoms with Crippen LogP contribution in [0.3, 0.4) is 0 Å². The van der Waals surface area contributed by atoms with Crippen molar-refractivity contribution in [3.8, 4) is 0 Å². The number of halogens is 1. The Balaban J connectivity index is 2.47. The Labute approximate surface area is 129 Å². The van der Waals surface area contributed by atoms with Gasteiger partial charge in [0.1, 0.15) is 0 Å². The van der Waals surface area contributed by atoms with E-state index >= 15 is 0 Å². The summed E-state index contributed by atoms with van der Waals surface area (Å²) >= 11 is 6.29. The van der Waals surface area contributed by atoms with Crippen molar-refractivity contribution in [2.75, 3.05) is 20.1 Å². The van der Waals surface area contributed by atoms with Crippen LogP contribution in [0.2, 0.25) is 5.02 Å². The topological polar surface area (TPSA) is 15.3 Å². The molecule has 0 aliphatic rings. The van der Waals surface area contributed by atoms with Crippen LogP contribution in [0.15, 0.2) is 24.3 Å². The molecule has 114 valence electrons. The molecule has 1 aromatic rings. The van der Waals surface area contributed by atoms with Gasteiger partial charge < -0.3 is 5.32 Å². The lowest BCUT2D eigenvalue weighted by Gasteiger charge is -2.31. The average molecular weight is 297 g/mol. The van der Waals surface area contributed by atoms with Crippen molar-refractivity contribution in [2.24, 2.45) is 5.92 Å². The Kier molecular flexibility index (Phi) is 7.57.